The molecular formula is C11H17FN2O. The fraction of sp³-hybridized carbons (Fsp3) is 0.455. The lowest BCUT2D eigenvalue weighted by atomic mass is 10.0. The van der Waals surface area contributed by atoms with E-state index in [1.54, 1.807) is 19.2 Å². The predicted molar refractivity (Wildman–Crippen MR) is 58.2 cm³/mol. The zero-order chi connectivity index (χ0) is 11.3. The third kappa shape index (κ3) is 3.18. The predicted octanol–water partition coefficient (Wildman–Crippen LogP) is 1.57. The van der Waals surface area contributed by atoms with E-state index in [0.29, 0.717) is 24.3 Å². The first-order valence-electron chi connectivity index (χ1n) is 4.98. The van der Waals surface area contributed by atoms with Gasteiger partial charge in [0.2, 0.25) is 0 Å². The maximum atomic E-state index is 13.4. The summed E-state index contributed by atoms with van der Waals surface area (Å²) in [4.78, 5) is 0. The summed E-state index contributed by atoms with van der Waals surface area (Å²) in [6.45, 7) is 0.569. The Morgan fingerprint density at radius 3 is 2.80 bits per heavy atom. The number of rotatable bonds is 5. The molecule has 0 aliphatic rings. The van der Waals surface area contributed by atoms with Crippen LogP contribution in [-0.2, 0) is 0 Å². The Hall–Kier alpha value is -1.13. The van der Waals surface area contributed by atoms with E-state index < -0.39 is 0 Å². The van der Waals surface area contributed by atoms with Crippen molar-refractivity contribution < 1.29 is 9.13 Å². The summed E-state index contributed by atoms with van der Waals surface area (Å²) >= 11 is 0. The lowest BCUT2D eigenvalue weighted by Gasteiger charge is -2.13. The Kier molecular flexibility index (Phi) is 4.52. The molecule has 3 nitrogen and oxygen atoms in total. The number of methoxy groups -OCH3 is 1. The van der Waals surface area contributed by atoms with Gasteiger partial charge in [-0.05, 0) is 37.6 Å². The summed E-state index contributed by atoms with van der Waals surface area (Å²) in [5.74, 6) is 0.329. The van der Waals surface area contributed by atoms with Crippen molar-refractivity contribution in [3.63, 3.8) is 0 Å². The molecule has 0 spiro atoms. The van der Waals surface area contributed by atoms with Crippen LogP contribution in [0.4, 0.5) is 4.39 Å². The minimum Gasteiger partial charge on any atom is -0.497 e. The van der Waals surface area contributed by atoms with Crippen LogP contribution in [0.2, 0.25) is 0 Å². The molecule has 0 aromatic heterocycles. The summed E-state index contributed by atoms with van der Waals surface area (Å²) < 4.78 is 18.4. The number of ether oxygens (including phenoxy) is 1. The molecule has 0 unspecified atom stereocenters. The van der Waals surface area contributed by atoms with Crippen molar-refractivity contribution in [1.29, 1.82) is 0 Å². The Balaban J connectivity index is 2.81. The SMILES string of the molecule is COc1ccc(F)c([C@@H](N)CCCN)c1. The first-order chi connectivity index (χ1) is 7.19. The summed E-state index contributed by atoms with van der Waals surface area (Å²) in [5.41, 5.74) is 11.7. The highest BCUT2D eigenvalue weighted by Crippen LogP contribution is 2.23. The summed E-state index contributed by atoms with van der Waals surface area (Å²) in [5, 5.41) is 0. The minimum absolute atomic E-state index is 0.291. The molecule has 0 aliphatic heterocycles. The third-order valence-electron chi connectivity index (χ3n) is 2.32. The van der Waals surface area contributed by atoms with Crippen LogP contribution in [0.3, 0.4) is 0 Å². The van der Waals surface area contributed by atoms with Gasteiger partial charge in [0, 0.05) is 11.6 Å². The molecule has 0 saturated carbocycles. The largest absolute Gasteiger partial charge is 0.497 e. The van der Waals surface area contributed by atoms with Crippen LogP contribution in [0.1, 0.15) is 24.4 Å². The molecule has 84 valence electrons. The molecule has 0 amide bonds. The van der Waals surface area contributed by atoms with Crippen LogP contribution in [0.15, 0.2) is 18.2 Å². The highest BCUT2D eigenvalue weighted by atomic mass is 19.1. The summed E-state index contributed by atoms with van der Waals surface area (Å²) in [7, 11) is 1.54. The molecule has 0 saturated heterocycles. The molecule has 4 heteroatoms. The van der Waals surface area contributed by atoms with Gasteiger partial charge in [0.1, 0.15) is 11.6 Å². The van der Waals surface area contributed by atoms with Crippen LogP contribution in [0.25, 0.3) is 0 Å². The quantitative estimate of drug-likeness (QED) is 0.778. The molecule has 0 bridgehead atoms. The van der Waals surface area contributed by atoms with Gasteiger partial charge in [0.25, 0.3) is 0 Å². The number of halogens is 1. The van der Waals surface area contributed by atoms with Crippen LogP contribution >= 0.6 is 0 Å². The van der Waals surface area contributed by atoms with Crippen LogP contribution in [0.5, 0.6) is 5.75 Å². The average Bonchev–Trinajstić information content (AvgIpc) is 2.26. The van der Waals surface area contributed by atoms with Crippen molar-refractivity contribution in [3.05, 3.63) is 29.6 Å². The van der Waals surface area contributed by atoms with Crippen LogP contribution in [0, 0.1) is 5.82 Å². The Bertz CT molecular complexity index is 317. The average molecular weight is 212 g/mol. The fourth-order valence-corrected chi connectivity index (χ4v) is 1.43. The molecule has 0 aliphatic carbocycles. The number of nitrogens with two attached hydrogens (primary N) is 2. The number of hydrogen-bond acceptors (Lipinski definition) is 3. The van der Waals surface area contributed by atoms with E-state index in [2.05, 4.69) is 0 Å². The zero-order valence-corrected chi connectivity index (χ0v) is 8.87. The van der Waals surface area contributed by atoms with E-state index in [4.69, 9.17) is 16.2 Å². The number of benzene rings is 1. The first kappa shape index (κ1) is 11.9. The molecule has 1 aromatic carbocycles. The van der Waals surface area contributed by atoms with Gasteiger partial charge in [0.05, 0.1) is 7.11 Å². The van der Waals surface area contributed by atoms with E-state index >= 15 is 0 Å². The Morgan fingerprint density at radius 2 is 2.20 bits per heavy atom. The van der Waals surface area contributed by atoms with Crippen molar-refractivity contribution in [3.8, 4) is 5.75 Å². The van der Waals surface area contributed by atoms with Gasteiger partial charge in [-0.3, -0.25) is 0 Å². The van der Waals surface area contributed by atoms with Gasteiger partial charge in [0.15, 0.2) is 0 Å². The van der Waals surface area contributed by atoms with Gasteiger partial charge in [-0.1, -0.05) is 0 Å². The van der Waals surface area contributed by atoms with Crippen molar-refractivity contribution in [2.24, 2.45) is 11.5 Å². The molecule has 1 atom stereocenters. The molecule has 0 fully saturated rings. The smallest absolute Gasteiger partial charge is 0.128 e. The third-order valence-corrected chi connectivity index (χ3v) is 2.32. The molecule has 15 heavy (non-hydrogen) atoms. The first-order valence-corrected chi connectivity index (χ1v) is 4.98. The van der Waals surface area contributed by atoms with Gasteiger partial charge in [-0.15, -0.1) is 0 Å². The molecule has 4 N–H and O–H groups in total. The lowest BCUT2D eigenvalue weighted by Crippen LogP contribution is -2.14. The van der Waals surface area contributed by atoms with E-state index in [-0.39, 0.29) is 11.9 Å². The van der Waals surface area contributed by atoms with Crippen LogP contribution in [-0.4, -0.2) is 13.7 Å². The second-order valence-corrected chi connectivity index (χ2v) is 3.42. The normalized spacial score (nSPS) is 12.5. The standard InChI is InChI=1S/C11H17FN2O/c1-15-8-4-5-10(12)9(7-8)11(14)3-2-6-13/h4-5,7,11H,2-3,6,13-14H2,1H3/t11-/m0/s1. The van der Waals surface area contributed by atoms with Crippen molar-refractivity contribution in [2.45, 2.75) is 18.9 Å². The topological polar surface area (TPSA) is 61.3 Å². The molecule has 1 aromatic rings. The van der Waals surface area contributed by atoms with E-state index in [9.17, 15) is 4.39 Å². The lowest BCUT2D eigenvalue weighted by molar-refractivity contribution is 0.411. The van der Waals surface area contributed by atoms with Gasteiger partial charge >= 0.3 is 0 Å². The van der Waals surface area contributed by atoms with Gasteiger partial charge in [-0.25, -0.2) is 4.39 Å². The molecule has 1 rings (SSSR count). The minimum atomic E-state index is -0.316. The van der Waals surface area contributed by atoms with Crippen LogP contribution < -0.4 is 16.2 Å². The fourth-order valence-electron chi connectivity index (χ4n) is 1.43. The molecule has 0 radical (unpaired) electrons. The van der Waals surface area contributed by atoms with Crippen molar-refractivity contribution >= 4 is 0 Å². The van der Waals surface area contributed by atoms with E-state index in [1.807, 2.05) is 0 Å². The zero-order valence-electron chi connectivity index (χ0n) is 8.87. The molecular weight excluding hydrogens is 195 g/mol. The van der Waals surface area contributed by atoms with Gasteiger partial charge in [-0.2, -0.15) is 0 Å². The van der Waals surface area contributed by atoms with Gasteiger partial charge < -0.3 is 16.2 Å². The summed E-state index contributed by atoms with van der Waals surface area (Å²) in [6.07, 6.45) is 1.47. The Morgan fingerprint density at radius 1 is 1.47 bits per heavy atom. The monoisotopic (exact) mass is 212 g/mol. The van der Waals surface area contributed by atoms with Crippen molar-refractivity contribution in [2.75, 3.05) is 13.7 Å². The Labute approximate surface area is 89.2 Å². The molecule has 0 heterocycles. The van der Waals surface area contributed by atoms with E-state index in [0.717, 1.165) is 6.42 Å². The second-order valence-electron chi connectivity index (χ2n) is 3.42. The maximum Gasteiger partial charge on any atom is 0.128 e. The summed E-state index contributed by atoms with van der Waals surface area (Å²) in [6, 6.07) is 4.27. The highest BCUT2D eigenvalue weighted by Gasteiger charge is 2.11. The highest BCUT2D eigenvalue weighted by molar-refractivity contribution is 5.31. The second kappa shape index (κ2) is 5.68. The maximum absolute atomic E-state index is 13.4. The van der Waals surface area contributed by atoms with E-state index in [1.165, 1.54) is 6.07 Å². The van der Waals surface area contributed by atoms with Crippen molar-refractivity contribution in [1.82, 2.24) is 0 Å². The number of hydrogen-bond donors (Lipinski definition) is 2.